The summed E-state index contributed by atoms with van der Waals surface area (Å²) in [6, 6.07) is 14.9. The predicted molar refractivity (Wildman–Crippen MR) is 98.8 cm³/mol. The molecule has 25 heavy (non-hydrogen) atoms. The van der Waals surface area contributed by atoms with Gasteiger partial charge in [-0.15, -0.1) is 0 Å². The molecule has 1 amide bonds. The van der Waals surface area contributed by atoms with E-state index in [9.17, 15) is 9.90 Å². The largest absolute Gasteiger partial charge is 0.493 e. The molecule has 0 radical (unpaired) electrons. The van der Waals surface area contributed by atoms with Crippen molar-refractivity contribution in [1.29, 1.82) is 0 Å². The Morgan fingerprint density at radius 1 is 1.28 bits per heavy atom. The van der Waals surface area contributed by atoms with Gasteiger partial charge in [-0.2, -0.15) is 0 Å². The third-order valence-corrected chi connectivity index (χ3v) is 4.42. The molecular weight excluding hydrogens is 314 g/mol. The number of likely N-dealkylation sites (N-methyl/N-ethyl adjacent to an activating group) is 1. The minimum absolute atomic E-state index is 0.209. The first-order valence-electron chi connectivity index (χ1n) is 8.49. The lowest BCUT2D eigenvalue weighted by atomic mass is 10.0. The fourth-order valence-electron chi connectivity index (χ4n) is 2.63. The zero-order valence-electron chi connectivity index (χ0n) is 14.4. The van der Waals surface area contributed by atoms with Crippen molar-refractivity contribution >= 4 is 11.6 Å². The molecule has 0 spiro atoms. The number of hydrogen-bond donors (Lipinski definition) is 1. The van der Waals surface area contributed by atoms with Gasteiger partial charge in [-0.25, -0.2) is 0 Å². The van der Waals surface area contributed by atoms with Crippen molar-refractivity contribution in [3.8, 4) is 5.75 Å². The van der Waals surface area contributed by atoms with Crippen molar-refractivity contribution in [3.63, 3.8) is 0 Å². The first-order chi connectivity index (χ1) is 12.1. The molecule has 0 bridgehead atoms. The molecule has 0 saturated heterocycles. The summed E-state index contributed by atoms with van der Waals surface area (Å²) in [6.45, 7) is 4.20. The van der Waals surface area contributed by atoms with Crippen molar-refractivity contribution < 1.29 is 14.6 Å². The van der Waals surface area contributed by atoms with Crippen LogP contribution in [0.1, 0.15) is 30.1 Å². The van der Waals surface area contributed by atoms with Crippen molar-refractivity contribution in [3.05, 3.63) is 72.3 Å². The fourth-order valence-corrected chi connectivity index (χ4v) is 2.63. The van der Waals surface area contributed by atoms with Gasteiger partial charge < -0.3 is 14.7 Å². The molecule has 4 nitrogen and oxygen atoms in total. The Balaban J connectivity index is 1.92. The van der Waals surface area contributed by atoms with Gasteiger partial charge in [0.15, 0.2) is 0 Å². The number of hydrogen-bond acceptors (Lipinski definition) is 3. The van der Waals surface area contributed by atoms with E-state index in [-0.39, 0.29) is 5.91 Å². The van der Waals surface area contributed by atoms with Crippen LogP contribution in [0.25, 0.3) is 0 Å². The zero-order chi connectivity index (χ0) is 17.8. The van der Waals surface area contributed by atoms with Gasteiger partial charge >= 0.3 is 0 Å². The highest BCUT2D eigenvalue weighted by molar-refractivity contribution is 6.00. The topological polar surface area (TPSA) is 49.8 Å². The van der Waals surface area contributed by atoms with Gasteiger partial charge in [0.2, 0.25) is 5.91 Å². The SMILES string of the molecule is C=CC(=O)N(C)c1cc(OCC2CC2)cc(C(O)c2ccccc2)c1. The molecule has 1 unspecified atom stereocenters. The number of amides is 1. The monoisotopic (exact) mass is 337 g/mol. The maximum Gasteiger partial charge on any atom is 0.250 e. The van der Waals surface area contributed by atoms with Gasteiger partial charge in [-0.05, 0) is 48.1 Å². The molecule has 1 saturated carbocycles. The number of rotatable bonds is 7. The number of carbonyl (C=O) groups excluding carboxylic acids is 1. The van der Waals surface area contributed by atoms with E-state index >= 15 is 0 Å². The summed E-state index contributed by atoms with van der Waals surface area (Å²) < 4.78 is 5.89. The third-order valence-electron chi connectivity index (χ3n) is 4.42. The molecular formula is C21H23NO3. The van der Waals surface area contributed by atoms with Crippen molar-refractivity contribution in [2.75, 3.05) is 18.6 Å². The summed E-state index contributed by atoms with van der Waals surface area (Å²) >= 11 is 0. The highest BCUT2D eigenvalue weighted by Gasteiger charge is 2.22. The average molecular weight is 337 g/mol. The molecule has 1 fully saturated rings. The van der Waals surface area contributed by atoms with E-state index < -0.39 is 6.10 Å². The van der Waals surface area contributed by atoms with Crippen molar-refractivity contribution in [2.45, 2.75) is 18.9 Å². The van der Waals surface area contributed by atoms with Crippen LogP contribution in [0, 0.1) is 5.92 Å². The smallest absolute Gasteiger partial charge is 0.250 e. The van der Waals surface area contributed by atoms with E-state index in [1.54, 1.807) is 7.05 Å². The van der Waals surface area contributed by atoms with Gasteiger partial charge in [0, 0.05) is 18.8 Å². The van der Waals surface area contributed by atoms with Crippen LogP contribution in [0.15, 0.2) is 61.2 Å². The van der Waals surface area contributed by atoms with Crippen LogP contribution in [-0.2, 0) is 4.79 Å². The molecule has 1 aliphatic rings. The first-order valence-corrected chi connectivity index (χ1v) is 8.49. The Labute approximate surface area is 148 Å². The number of aliphatic hydroxyl groups is 1. The van der Waals surface area contributed by atoms with Gasteiger partial charge in [0.1, 0.15) is 11.9 Å². The summed E-state index contributed by atoms with van der Waals surface area (Å²) in [5, 5.41) is 10.7. The molecule has 0 aliphatic heterocycles. The van der Waals surface area contributed by atoms with Gasteiger partial charge in [0.05, 0.1) is 6.61 Å². The highest BCUT2D eigenvalue weighted by Crippen LogP contribution is 2.33. The van der Waals surface area contributed by atoms with Gasteiger partial charge in [0.25, 0.3) is 0 Å². The highest BCUT2D eigenvalue weighted by atomic mass is 16.5. The second-order valence-electron chi connectivity index (χ2n) is 6.43. The van der Waals surface area contributed by atoms with E-state index in [0.29, 0.717) is 29.5 Å². The van der Waals surface area contributed by atoms with Crippen LogP contribution >= 0.6 is 0 Å². The summed E-state index contributed by atoms with van der Waals surface area (Å²) in [4.78, 5) is 13.5. The molecule has 4 heteroatoms. The lowest BCUT2D eigenvalue weighted by Gasteiger charge is -2.20. The van der Waals surface area contributed by atoms with E-state index in [1.165, 1.54) is 23.8 Å². The number of anilines is 1. The summed E-state index contributed by atoms with van der Waals surface area (Å²) in [5.74, 6) is 1.08. The Bertz CT molecular complexity index is 753. The second kappa shape index (κ2) is 7.53. The van der Waals surface area contributed by atoms with Gasteiger partial charge in [-0.3, -0.25) is 4.79 Å². The number of benzene rings is 2. The second-order valence-corrected chi connectivity index (χ2v) is 6.43. The molecule has 2 aromatic rings. The third kappa shape index (κ3) is 4.28. The molecule has 0 aromatic heterocycles. The summed E-state index contributed by atoms with van der Waals surface area (Å²) in [6.07, 6.45) is 2.89. The molecule has 0 heterocycles. The normalized spacial score (nSPS) is 14.6. The molecule has 3 rings (SSSR count). The van der Waals surface area contributed by atoms with Gasteiger partial charge in [-0.1, -0.05) is 36.9 Å². The molecule has 2 aromatic carbocycles. The lowest BCUT2D eigenvalue weighted by Crippen LogP contribution is -2.24. The maximum atomic E-state index is 12.0. The molecule has 1 N–H and O–H groups in total. The van der Waals surface area contributed by atoms with Crippen LogP contribution in [0.3, 0.4) is 0 Å². The van der Waals surface area contributed by atoms with E-state index in [4.69, 9.17) is 4.74 Å². The first kappa shape index (κ1) is 17.2. The van der Waals surface area contributed by atoms with Crippen LogP contribution in [-0.4, -0.2) is 24.7 Å². The Hall–Kier alpha value is -2.59. The minimum atomic E-state index is -0.781. The van der Waals surface area contributed by atoms with Crippen LogP contribution in [0.4, 0.5) is 5.69 Å². The molecule has 130 valence electrons. The Kier molecular flexibility index (Phi) is 5.19. The number of ether oxygens (including phenoxy) is 1. The lowest BCUT2D eigenvalue weighted by molar-refractivity contribution is -0.113. The summed E-state index contributed by atoms with van der Waals surface area (Å²) in [5.41, 5.74) is 2.16. The molecule has 1 atom stereocenters. The van der Waals surface area contributed by atoms with Crippen molar-refractivity contribution in [1.82, 2.24) is 0 Å². The van der Waals surface area contributed by atoms with Crippen LogP contribution < -0.4 is 9.64 Å². The fraction of sp³-hybridized carbons (Fsp3) is 0.286. The number of aliphatic hydroxyl groups excluding tert-OH is 1. The van der Waals surface area contributed by atoms with Crippen molar-refractivity contribution in [2.24, 2.45) is 5.92 Å². The predicted octanol–water partition coefficient (Wildman–Crippen LogP) is 3.71. The van der Waals surface area contributed by atoms with Crippen LogP contribution in [0.5, 0.6) is 5.75 Å². The Morgan fingerprint density at radius 2 is 2.00 bits per heavy atom. The number of nitrogens with zero attached hydrogens (tertiary/aromatic N) is 1. The standard InChI is InChI=1S/C21H23NO3/c1-3-20(23)22(2)18-11-17(21(24)16-7-5-4-6-8-16)12-19(13-18)25-14-15-9-10-15/h3-8,11-13,15,21,24H,1,9-10,14H2,2H3. The van der Waals surface area contributed by atoms with E-state index in [0.717, 1.165) is 5.56 Å². The van der Waals surface area contributed by atoms with Crippen LogP contribution in [0.2, 0.25) is 0 Å². The van der Waals surface area contributed by atoms with E-state index in [1.807, 2.05) is 48.5 Å². The quantitative estimate of drug-likeness (QED) is 0.784. The zero-order valence-corrected chi connectivity index (χ0v) is 14.4. The minimum Gasteiger partial charge on any atom is -0.493 e. The Morgan fingerprint density at radius 3 is 2.64 bits per heavy atom. The van der Waals surface area contributed by atoms with E-state index in [2.05, 4.69) is 6.58 Å². The summed E-state index contributed by atoms with van der Waals surface area (Å²) in [7, 11) is 1.68. The maximum absolute atomic E-state index is 12.0. The number of carbonyl (C=O) groups is 1. The molecule has 1 aliphatic carbocycles. The average Bonchev–Trinajstić information content (AvgIpc) is 3.49.